The number of rotatable bonds is 6. The van der Waals surface area contributed by atoms with Crippen molar-refractivity contribution in [2.24, 2.45) is 0 Å². The van der Waals surface area contributed by atoms with E-state index >= 15 is 0 Å². The number of fused-ring (bicyclic) bond motifs is 1. The fraction of sp³-hybridized carbons (Fsp3) is 0.267. The lowest BCUT2D eigenvalue weighted by Crippen LogP contribution is -2.49. The lowest BCUT2D eigenvalue weighted by Gasteiger charge is -2.35. The fourth-order valence-corrected chi connectivity index (χ4v) is 5.41. The van der Waals surface area contributed by atoms with Crippen molar-refractivity contribution < 1.29 is 9.18 Å². The van der Waals surface area contributed by atoms with Crippen LogP contribution >= 0.6 is 11.6 Å². The molecule has 1 amide bonds. The summed E-state index contributed by atoms with van der Waals surface area (Å²) in [7, 11) is 0. The number of benzene rings is 2. The molecular weight excluding hydrogens is 517 g/mol. The molecule has 1 aliphatic heterocycles. The molecule has 39 heavy (non-hydrogen) atoms. The number of hydrogen-bond acceptors (Lipinski definition) is 5. The monoisotopic (exact) mass is 545 g/mol. The number of nitrogens with zero attached hydrogens (tertiary/aromatic N) is 5. The smallest absolute Gasteiger partial charge is 0.352 e. The number of aromatic nitrogens is 3. The summed E-state index contributed by atoms with van der Waals surface area (Å²) >= 11 is 6.73. The van der Waals surface area contributed by atoms with Gasteiger partial charge in [0.05, 0.1) is 21.8 Å². The number of carbonyl (C=O) groups excluding carboxylic acids is 1. The Labute approximate surface area is 231 Å². The number of para-hydroxylation sites is 1. The van der Waals surface area contributed by atoms with E-state index in [9.17, 15) is 14.0 Å². The van der Waals surface area contributed by atoms with Gasteiger partial charge in [0.2, 0.25) is 5.91 Å². The molecule has 3 heterocycles. The molecule has 9 heteroatoms. The van der Waals surface area contributed by atoms with Crippen LogP contribution in [0.2, 0.25) is 5.02 Å². The van der Waals surface area contributed by atoms with Crippen molar-refractivity contribution in [2.75, 3.05) is 31.1 Å². The Balaban J connectivity index is 1.79. The van der Waals surface area contributed by atoms with Gasteiger partial charge in [0.25, 0.3) is 0 Å². The molecule has 4 aromatic rings. The third-order valence-electron chi connectivity index (χ3n) is 7.18. The number of amides is 1. The maximum atomic E-state index is 14.9. The molecular formula is C30H29ClFN5O2. The first-order valence-corrected chi connectivity index (χ1v) is 13.4. The van der Waals surface area contributed by atoms with Gasteiger partial charge in [-0.2, -0.15) is 4.98 Å². The van der Waals surface area contributed by atoms with Crippen LogP contribution in [0, 0.1) is 5.82 Å². The average molecular weight is 546 g/mol. The van der Waals surface area contributed by atoms with E-state index in [0.29, 0.717) is 55.9 Å². The van der Waals surface area contributed by atoms with Gasteiger partial charge in [0.15, 0.2) is 5.65 Å². The normalized spacial score (nSPS) is 13.6. The van der Waals surface area contributed by atoms with Gasteiger partial charge in [-0.05, 0) is 48.2 Å². The van der Waals surface area contributed by atoms with Gasteiger partial charge in [-0.1, -0.05) is 62.4 Å². The van der Waals surface area contributed by atoms with Crippen LogP contribution in [-0.2, 0) is 17.6 Å². The summed E-state index contributed by atoms with van der Waals surface area (Å²) in [6.07, 6.45) is 2.70. The van der Waals surface area contributed by atoms with Crippen molar-refractivity contribution in [3.05, 3.63) is 93.6 Å². The van der Waals surface area contributed by atoms with E-state index in [1.807, 2.05) is 36.9 Å². The van der Waals surface area contributed by atoms with E-state index < -0.39 is 11.5 Å². The van der Waals surface area contributed by atoms with Crippen LogP contribution in [0.15, 0.2) is 66.0 Å². The first-order valence-electron chi connectivity index (χ1n) is 13.0. The van der Waals surface area contributed by atoms with Crippen LogP contribution in [0.25, 0.3) is 28.0 Å². The Morgan fingerprint density at radius 3 is 2.31 bits per heavy atom. The van der Waals surface area contributed by atoms with E-state index in [4.69, 9.17) is 16.6 Å². The highest BCUT2D eigenvalue weighted by Crippen LogP contribution is 2.35. The zero-order chi connectivity index (χ0) is 27.7. The molecule has 0 bridgehead atoms. The Kier molecular flexibility index (Phi) is 7.48. The molecule has 1 fully saturated rings. The number of anilines is 1. The van der Waals surface area contributed by atoms with Gasteiger partial charge < -0.3 is 9.80 Å². The molecule has 1 aliphatic rings. The summed E-state index contributed by atoms with van der Waals surface area (Å²) in [5.74, 6) is -0.149. The molecule has 2 aromatic carbocycles. The van der Waals surface area contributed by atoms with E-state index in [-0.39, 0.29) is 22.2 Å². The zero-order valence-electron chi connectivity index (χ0n) is 22.0. The summed E-state index contributed by atoms with van der Waals surface area (Å²) in [5.41, 5.74) is 3.08. The standard InChI is InChI=1S/C30H29ClFN5O2/c1-4-19-10-9-11-20(5-2)27(19)37-29-22(18-23(31)26(33-29)21-12-7-8-13-24(21)32)28(34-30(37)39)36-16-14-35(15-17-36)25(38)6-3/h6-13,18H,3-5,14-17H2,1-2H3. The largest absolute Gasteiger partial charge is 0.355 e. The van der Waals surface area contributed by atoms with Crippen LogP contribution in [0.5, 0.6) is 0 Å². The van der Waals surface area contributed by atoms with E-state index in [0.717, 1.165) is 16.8 Å². The molecule has 0 spiro atoms. The van der Waals surface area contributed by atoms with Crippen LogP contribution in [0.4, 0.5) is 10.2 Å². The second-order valence-corrected chi connectivity index (χ2v) is 9.78. The van der Waals surface area contributed by atoms with Crippen LogP contribution in [0.3, 0.4) is 0 Å². The summed E-state index contributed by atoms with van der Waals surface area (Å²) in [6, 6.07) is 14.0. The van der Waals surface area contributed by atoms with Crippen molar-refractivity contribution in [2.45, 2.75) is 26.7 Å². The summed E-state index contributed by atoms with van der Waals surface area (Å²) < 4.78 is 16.4. The van der Waals surface area contributed by atoms with Gasteiger partial charge in [-0.25, -0.2) is 18.7 Å². The quantitative estimate of drug-likeness (QED) is 0.311. The summed E-state index contributed by atoms with van der Waals surface area (Å²) in [6.45, 7) is 9.52. The average Bonchev–Trinajstić information content (AvgIpc) is 2.96. The van der Waals surface area contributed by atoms with Crippen LogP contribution < -0.4 is 10.6 Å². The topological polar surface area (TPSA) is 71.3 Å². The summed E-state index contributed by atoms with van der Waals surface area (Å²) in [5, 5.41) is 0.831. The minimum Gasteiger partial charge on any atom is -0.352 e. The molecule has 0 saturated carbocycles. The van der Waals surface area contributed by atoms with Crippen LogP contribution in [0.1, 0.15) is 25.0 Å². The van der Waals surface area contributed by atoms with Crippen molar-refractivity contribution in [3.8, 4) is 16.9 Å². The fourth-order valence-electron chi connectivity index (χ4n) is 5.16. The molecule has 1 saturated heterocycles. The second kappa shape index (κ2) is 11.0. The zero-order valence-corrected chi connectivity index (χ0v) is 22.7. The minimum absolute atomic E-state index is 0.134. The molecule has 0 atom stereocenters. The van der Waals surface area contributed by atoms with Gasteiger partial charge in [-0.3, -0.25) is 4.79 Å². The predicted molar refractivity (Wildman–Crippen MR) is 153 cm³/mol. The van der Waals surface area contributed by atoms with Crippen molar-refractivity contribution in [1.82, 2.24) is 19.4 Å². The lowest BCUT2D eigenvalue weighted by atomic mass is 10.0. The van der Waals surface area contributed by atoms with Gasteiger partial charge in [0.1, 0.15) is 11.6 Å². The van der Waals surface area contributed by atoms with Crippen LogP contribution in [-0.4, -0.2) is 51.5 Å². The molecule has 2 aromatic heterocycles. The summed E-state index contributed by atoms with van der Waals surface area (Å²) in [4.78, 5) is 39.0. The number of carbonyl (C=O) groups is 1. The van der Waals surface area contributed by atoms with E-state index in [2.05, 4.69) is 11.6 Å². The third-order valence-corrected chi connectivity index (χ3v) is 7.47. The lowest BCUT2D eigenvalue weighted by molar-refractivity contribution is -0.126. The second-order valence-electron chi connectivity index (χ2n) is 9.37. The van der Waals surface area contributed by atoms with Crippen molar-refractivity contribution >= 4 is 34.4 Å². The molecule has 7 nitrogen and oxygen atoms in total. The Morgan fingerprint density at radius 1 is 1.03 bits per heavy atom. The molecule has 200 valence electrons. The molecule has 0 radical (unpaired) electrons. The Bertz CT molecular complexity index is 1620. The minimum atomic E-state index is -0.480. The number of pyridine rings is 1. The van der Waals surface area contributed by atoms with Gasteiger partial charge >= 0.3 is 5.69 Å². The Hall–Kier alpha value is -4.04. The Morgan fingerprint density at radius 2 is 1.69 bits per heavy atom. The molecule has 5 rings (SSSR count). The molecule has 0 unspecified atom stereocenters. The maximum absolute atomic E-state index is 14.9. The highest BCUT2D eigenvalue weighted by Gasteiger charge is 2.26. The SMILES string of the molecule is C=CC(=O)N1CCN(c2nc(=O)n(-c3c(CC)cccc3CC)c3nc(-c4ccccc4F)c(Cl)cc23)CC1. The van der Waals surface area contributed by atoms with Crippen molar-refractivity contribution in [1.29, 1.82) is 0 Å². The van der Waals surface area contributed by atoms with Crippen molar-refractivity contribution in [3.63, 3.8) is 0 Å². The predicted octanol–water partition coefficient (Wildman–Crippen LogP) is 5.20. The first-order chi connectivity index (χ1) is 18.9. The first kappa shape index (κ1) is 26.6. The molecule has 0 N–H and O–H groups in total. The number of halogens is 2. The maximum Gasteiger partial charge on any atom is 0.355 e. The van der Waals surface area contributed by atoms with Gasteiger partial charge in [-0.15, -0.1) is 0 Å². The number of piperazine rings is 1. The van der Waals surface area contributed by atoms with Gasteiger partial charge in [0, 0.05) is 31.7 Å². The van der Waals surface area contributed by atoms with E-state index in [1.165, 1.54) is 16.7 Å². The highest BCUT2D eigenvalue weighted by atomic mass is 35.5. The highest BCUT2D eigenvalue weighted by molar-refractivity contribution is 6.33. The number of aryl methyl sites for hydroxylation is 2. The van der Waals surface area contributed by atoms with E-state index in [1.54, 1.807) is 29.2 Å². The molecule has 0 aliphatic carbocycles. The third kappa shape index (κ3) is 4.81. The number of hydrogen-bond donors (Lipinski definition) is 0.